The van der Waals surface area contributed by atoms with Gasteiger partial charge < -0.3 is 25.0 Å². The van der Waals surface area contributed by atoms with E-state index in [1.807, 2.05) is 12.1 Å². The molecule has 2 atom stereocenters. The minimum atomic E-state index is -1.01. The van der Waals surface area contributed by atoms with E-state index in [1.54, 1.807) is 0 Å². The van der Waals surface area contributed by atoms with Gasteiger partial charge in [0, 0.05) is 62.4 Å². The summed E-state index contributed by atoms with van der Waals surface area (Å²) in [4.78, 5) is 17.6. The molecule has 3 aliphatic heterocycles. The molecule has 7 nitrogen and oxygen atoms in total. The Labute approximate surface area is 185 Å². The maximum absolute atomic E-state index is 12.7. The predicted molar refractivity (Wildman–Crippen MR) is 122 cm³/mol. The Morgan fingerprint density at radius 2 is 1.80 bits per heavy atom. The summed E-state index contributed by atoms with van der Waals surface area (Å²) >= 11 is 5.01. The molecule has 0 radical (unpaired) electrons. The molecule has 0 saturated carbocycles. The van der Waals surface area contributed by atoms with Crippen LogP contribution < -0.4 is 20.4 Å². The SMILES string of the molecule is NCC1CCCN1c1nc(N2CCN(c3ccc(Cl)cc3)CC2)nc2c1[S@@+]([O-])CC2. The van der Waals surface area contributed by atoms with Crippen molar-refractivity contribution in [2.75, 3.05) is 59.7 Å². The van der Waals surface area contributed by atoms with Crippen molar-refractivity contribution in [1.82, 2.24) is 9.97 Å². The average molecular weight is 447 g/mol. The van der Waals surface area contributed by atoms with Crippen LogP contribution in [0.4, 0.5) is 17.5 Å². The quantitative estimate of drug-likeness (QED) is 0.719. The summed E-state index contributed by atoms with van der Waals surface area (Å²) in [5, 5.41) is 0.756. The molecule has 0 spiro atoms. The van der Waals surface area contributed by atoms with Crippen LogP contribution in [-0.2, 0) is 17.6 Å². The number of aryl methyl sites for hydroxylation is 1. The third-order valence-corrected chi connectivity index (χ3v) is 8.03. The fourth-order valence-corrected chi connectivity index (χ4v) is 6.16. The maximum Gasteiger partial charge on any atom is 0.228 e. The summed E-state index contributed by atoms with van der Waals surface area (Å²) in [7, 11) is 0. The molecule has 5 rings (SSSR count). The number of fused-ring (bicyclic) bond motifs is 1. The molecule has 9 heteroatoms. The molecule has 2 fully saturated rings. The van der Waals surface area contributed by atoms with Gasteiger partial charge in [-0.15, -0.1) is 0 Å². The van der Waals surface area contributed by atoms with Crippen molar-refractivity contribution in [2.24, 2.45) is 5.73 Å². The van der Waals surface area contributed by atoms with Crippen molar-refractivity contribution < 1.29 is 4.55 Å². The van der Waals surface area contributed by atoms with Gasteiger partial charge in [0.25, 0.3) is 0 Å². The molecule has 160 valence electrons. The van der Waals surface area contributed by atoms with Crippen LogP contribution in [0.5, 0.6) is 0 Å². The third-order valence-electron chi connectivity index (χ3n) is 6.33. The van der Waals surface area contributed by atoms with Crippen molar-refractivity contribution in [2.45, 2.75) is 30.2 Å². The van der Waals surface area contributed by atoms with Crippen molar-refractivity contribution in [3.63, 3.8) is 0 Å². The first kappa shape index (κ1) is 20.2. The molecule has 3 aliphatic rings. The van der Waals surface area contributed by atoms with E-state index in [0.29, 0.717) is 12.3 Å². The minimum absolute atomic E-state index is 0.274. The zero-order valence-corrected chi connectivity index (χ0v) is 18.5. The lowest BCUT2D eigenvalue weighted by atomic mass is 10.2. The van der Waals surface area contributed by atoms with E-state index in [1.165, 1.54) is 5.69 Å². The molecule has 1 aromatic carbocycles. The van der Waals surface area contributed by atoms with Crippen LogP contribution in [0, 0.1) is 0 Å². The molecular weight excluding hydrogens is 420 g/mol. The highest BCUT2D eigenvalue weighted by Gasteiger charge is 2.38. The van der Waals surface area contributed by atoms with Gasteiger partial charge in [-0.05, 0) is 48.3 Å². The Bertz CT molecular complexity index is 905. The normalized spacial score (nSPS) is 23.9. The molecule has 2 saturated heterocycles. The number of piperazine rings is 1. The second-order valence-corrected chi connectivity index (χ2v) is 10.0. The zero-order chi connectivity index (χ0) is 20.7. The number of nitrogens with two attached hydrogens (primary N) is 1. The summed E-state index contributed by atoms with van der Waals surface area (Å²) in [6.07, 6.45) is 2.93. The van der Waals surface area contributed by atoms with Crippen LogP contribution >= 0.6 is 11.6 Å². The second-order valence-electron chi connectivity index (χ2n) is 8.10. The third kappa shape index (κ3) is 3.70. The Morgan fingerprint density at radius 1 is 1.07 bits per heavy atom. The summed E-state index contributed by atoms with van der Waals surface area (Å²) in [5.41, 5.74) is 8.16. The van der Waals surface area contributed by atoms with Crippen molar-refractivity contribution >= 4 is 40.2 Å². The van der Waals surface area contributed by atoms with E-state index in [-0.39, 0.29) is 6.04 Å². The van der Waals surface area contributed by atoms with Crippen LogP contribution in [0.15, 0.2) is 29.2 Å². The molecule has 1 unspecified atom stereocenters. The van der Waals surface area contributed by atoms with Crippen molar-refractivity contribution in [1.29, 1.82) is 0 Å². The highest BCUT2D eigenvalue weighted by molar-refractivity contribution is 7.91. The molecule has 1 aromatic heterocycles. The fourth-order valence-electron chi connectivity index (χ4n) is 4.68. The van der Waals surface area contributed by atoms with Crippen LogP contribution in [0.2, 0.25) is 5.02 Å². The van der Waals surface area contributed by atoms with E-state index in [0.717, 1.165) is 79.4 Å². The van der Waals surface area contributed by atoms with Crippen LogP contribution in [0.3, 0.4) is 0 Å². The number of nitrogens with zero attached hydrogens (tertiary/aromatic N) is 5. The van der Waals surface area contributed by atoms with E-state index in [2.05, 4.69) is 26.8 Å². The van der Waals surface area contributed by atoms with Gasteiger partial charge in [0.1, 0.15) is 11.4 Å². The lowest BCUT2D eigenvalue weighted by Crippen LogP contribution is -2.47. The molecule has 0 amide bonds. The Kier molecular flexibility index (Phi) is 5.66. The summed E-state index contributed by atoms with van der Waals surface area (Å²) in [6.45, 7) is 5.03. The topological polar surface area (TPSA) is 84.6 Å². The average Bonchev–Trinajstić information content (AvgIpc) is 3.40. The second kappa shape index (κ2) is 8.42. The lowest BCUT2D eigenvalue weighted by Gasteiger charge is -2.36. The fraction of sp³-hybridized carbons (Fsp3) is 0.524. The Hall–Kier alpha value is -1.74. The van der Waals surface area contributed by atoms with Crippen molar-refractivity contribution in [3.05, 3.63) is 35.0 Å². The van der Waals surface area contributed by atoms with E-state index >= 15 is 0 Å². The zero-order valence-electron chi connectivity index (χ0n) is 17.0. The lowest BCUT2D eigenvalue weighted by molar-refractivity contribution is 0.596. The van der Waals surface area contributed by atoms with Crippen LogP contribution in [0.1, 0.15) is 18.5 Å². The van der Waals surface area contributed by atoms with Crippen LogP contribution in [-0.4, -0.2) is 65.6 Å². The molecule has 0 bridgehead atoms. The Balaban J connectivity index is 1.39. The highest BCUT2D eigenvalue weighted by Crippen LogP contribution is 2.37. The molecule has 30 heavy (non-hydrogen) atoms. The van der Waals surface area contributed by atoms with Gasteiger partial charge in [-0.3, -0.25) is 0 Å². The number of hydrogen-bond donors (Lipinski definition) is 1. The molecule has 0 aliphatic carbocycles. The first-order chi connectivity index (χ1) is 14.6. The molecule has 2 aromatic rings. The number of halogens is 1. The van der Waals surface area contributed by atoms with Gasteiger partial charge in [-0.1, -0.05) is 11.6 Å². The smallest absolute Gasteiger partial charge is 0.228 e. The summed E-state index contributed by atoms with van der Waals surface area (Å²) in [5.74, 6) is 2.27. The van der Waals surface area contributed by atoms with Gasteiger partial charge >= 0.3 is 0 Å². The van der Waals surface area contributed by atoms with E-state index < -0.39 is 11.2 Å². The highest BCUT2D eigenvalue weighted by atomic mass is 35.5. The number of hydrogen-bond acceptors (Lipinski definition) is 7. The molecule has 4 heterocycles. The largest absolute Gasteiger partial charge is 0.611 e. The summed E-state index contributed by atoms with van der Waals surface area (Å²) < 4.78 is 12.7. The van der Waals surface area contributed by atoms with Gasteiger partial charge in [-0.2, -0.15) is 4.98 Å². The Morgan fingerprint density at radius 3 is 2.53 bits per heavy atom. The number of aromatic nitrogens is 2. The number of rotatable bonds is 4. The number of benzene rings is 1. The molecule has 2 N–H and O–H groups in total. The van der Waals surface area contributed by atoms with Gasteiger partial charge in [0.05, 0.1) is 0 Å². The monoisotopic (exact) mass is 446 g/mol. The predicted octanol–water partition coefficient (Wildman–Crippen LogP) is 2.05. The maximum atomic E-state index is 12.7. The summed E-state index contributed by atoms with van der Waals surface area (Å²) in [6, 6.07) is 8.28. The van der Waals surface area contributed by atoms with E-state index in [9.17, 15) is 4.55 Å². The standard InChI is InChI=1S/C21H27ClN6OS/c22-15-3-5-16(6-4-15)26-9-11-27(12-10-26)21-24-18-7-13-30(29)19(18)20(25-21)28-8-1-2-17(28)14-23/h3-6,17H,1-2,7-14,23H2/t17?,30-/m0/s1. The van der Waals surface area contributed by atoms with Gasteiger partial charge in [-0.25, -0.2) is 4.98 Å². The van der Waals surface area contributed by atoms with Crippen LogP contribution in [0.25, 0.3) is 0 Å². The minimum Gasteiger partial charge on any atom is -0.611 e. The molecular formula is C21H27ClN6OS. The first-order valence-electron chi connectivity index (χ1n) is 10.7. The van der Waals surface area contributed by atoms with Gasteiger partial charge in [0.2, 0.25) is 10.8 Å². The first-order valence-corrected chi connectivity index (χ1v) is 12.3. The van der Waals surface area contributed by atoms with Gasteiger partial charge in [0.15, 0.2) is 5.82 Å². The van der Waals surface area contributed by atoms with Crippen molar-refractivity contribution in [3.8, 4) is 0 Å². The van der Waals surface area contributed by atoms with E-state index in [4.69, 9.17) is 27.3 Å². The number of anilines is 3.